The highest BCUT2D eigenvalue weighted by Crippen LogP contribution is 2.25. The molecule has 22 heavy (non-hydrogen) atoms. The van der Waals surface area contributed by atoms with E-state index < -0.39 is 0 Å². The number of nitrogens with zero attached hydrogens (tertiary/aromatic N) is 1. The van der Waals surface area contributed by atoms with E-state index in [1.165, 1.54) is 0 Å². The molecule has 2 aromatic rings. The van der Waals surface area contributed by atoms with Crippen molar-refractivity contribution in [2.75, 3.05) is 26.2 Å². The fraction of sp³-hybridized carbons (Fsp3) is 0.353. The first-order valence-corrected chi connectivity index (χ1v) is 7.36. The van der Waals surface area contributed by atoms with Crippen LogP contribution in [0.3, 0.4) is 0 Å². The normalized spacial score (nSPS) is 17.9. The number of amides is 1. The lowest BCUT2D eigenvalue weighted by Gasteiger charge is -2.33. The third kappa shape index (κ3) is 3.51. The van der Waals surface area contributed by atoms with E-state index in [9.17, 15) is 4.79 Å². The van der Waals surface area contributed by atoms with Gasteiger partial charge in [0.2, 0.25) is 0 Å². The number of ether oxygens (including phenoxy) is 1. The molecule has 2 aromatic carbocycles. The number of hydrogen-bond acceptors (Lipinski definition) is 3. The van der Waals surface area contributed by atoms with Crippen molar-refractivity contribution in [1.29, 1.82) is 0 Å². The molecule has 0 saturated carbocycles. The molecule has 0 aliphatic carbocycles. The summed E-state index contributed by atoms with van der Waals surface area (Å²) < 4.78 is 5.77. The van der Waals surface area contributed by atoms with Crippen molar-refractivity contribution >= 4 is 29.1 Å². The Bertz CT molecular complexity index is 642. The number of piperazine rings is 1. The van der Waals surface area contributed by atoms with Crippen LogP contribution < -0.4 is 10.1 Å². The summed E-state index contributed by atoms with van der Waals surface area (Å²) in [5.41, 5.74) is 0. The third-order valence-electron chi connectivity index (χ3n) is 3.92. The van der Waals surface area contributed by atoms with E-state index in [2.05, 4.69) is 12.2 Å². The lowest BCUT2D eigenvalue weighted by molar-refractivity contribution is -0.136. The van der Waals surface area contributed by atoms with Crippen molar-refractivity contribution in [3.05, 3.63) is 42.5 Å². The highest BCUT2D eigenvalue weighted by molar-refractivity contribution is 5.88. The fourth-order valence-electron chi connectivity index (χ4n) is 2.76. The molecule has 4 nitrogen and oxygen atoms in total. The average Bonchev–Trinajstić information content (AvgIpc) is 2.53. The Labute approximate surface area is 136 Å². The van der Waals surface area contributed by atoms with E-state index in [0.29, 0.717) is 0 Å². The Kier molecular flexibility index (Phi) is 5.63. The molecule has 0 unspecified atom stereocenters. The van der Waals surface area contributed by atoms with Crippen molar-refractivity contribution in [3.8, 4) is 5.75 Å². The first-order chi connectivity index (χ1) is 10.3. The largest absolute Gasteiger partial charge is 0.483 e. The summed E-state index contributed by atoms with van der Waals surface area (Å²) in [5.74, 6) is 0.821. The van der Waals surface area contributed by atoms with Crippen molar-refractivity contribution in [1.82, 2.24) is 10.2 Å². The fourth-order valence-corrected chi connectivity index (χ4v) is 2.76. The van der Waals surface area contributed by atoms with E-state index in [0.717, 1.165) is 36.2 Å². The van der Waals surface area contributed by atoms with Crippen LogP contribution in [0.2, 0.25) is 0 Å². The molecule has 1 N–H and O–H groups in total. The Hall–Kier alpha value is -1.78. The van der Waals surface area contributed by atoms with Gasteiger partial charge >= 0.3 is 0 Å². The zero-order valence-corrected chi connectivity index (χ0v) is 13.4. The van der Waals surface area contributed by atoms with Crippen LogP contribution in [0.15, 0.2) is 42.5 Å². The molecule has 1 aliphatic heterocycles. The molecule has 1 aliphatic rings. The van der Waals surface area contributed by atoms with E-state index in [-0.39, 0.29) is 31.0 Å². The van der Waals surface area contributed by atoms with Gasteiger partial charge in [-0.1, -0.05) is 36.4 Å². The molecule has 5 heteroatoms. The number of carbonyl (C=O) groups is 1. The van der Waals surface area contributed by atoms with Crippen molar-refractivity contribution in [3.63, 3.8) is 0 Å². The number of hydrogen-bond donors (Lipinski definition) is 1. The number of benzene rings is 2. The standard InChI is InChI=1S/C17H20N2O2.ClH/c1-13-11-18-9-10-19(13)17(20)12-21-16-8-4-6-14-5-2-3-7-15(14)16;/h2-8,13,18H,9-12H2,1H3;1H/t13-;/m0./s1. The van der Waals surface area contributed by atoms with Gasteiger partial charge in [-0.2, -0.15) is 0 Å². The van der Waals surface area contributed by atoms with E-state index in [4.69, 9.17) is 4.74 Å². The summed E-state index contributed by atoms with van der Waals surface area (Å²) in [7, 11) is 0. The summed E-state index contributed by atoms with van der Waals surface area (Å²) in [4.78, 5) is 14.2. The molecule has 1 atom stereocenters. The minimum atomic E-state index is 0. The van der Waals surface area contributed by atoms with Gasteiger partial charge in [-0.3, -0.25) is 4.79 Å². The Morgan fingerprint density at radius 1 is 1.27 bits per heavy atom. The van der Waals surface area contributed by atoms with Gasteiger partial charge in [-0.05, 0) is 18.4 Å². The quantitative estimate of drug-likeness (QED) is 0.944. The van der Waals surface area contributed by atoms with Crippen molar-refractivity contribution < 1.29 is 9.53 Å². The number of carbonyl (C=O) groups excluding carboxylic acids is 1. The van der Waals surface area contributed by atoms with Crippen LogP contribution in [0.4, 0.5) is 0 Å². The summed E-state index contributed by atoms with van der Waals surface area (Å²) in [6.45, 7) is 4.60. The van der Waals surface area contributed by atoms with Gasteiger partial charge < -0.3 is 15.0 Å². The maximum atomic E-state index is 12.3. The van der Waals surface area contributed by atoms with Crippen LogP contribution in [0, 0.1) is 0 Å². The van der Waals surface area contributed by atoms with Gasteiger partial charge in [-0.25, -0.2) is 0 Å². The predicted octanol–water partition coefficient (Wildman–Crippen LogP) is 2.46. The van der Waals surface area contributed by atoms with Crippen LogP contribution in [-0.2, 0) is 4.79 Å². The summed E-state index contributed by atoms with van der Waals surface area (Å²) in [6.07, 6.45) is 0. The van der Waals surface area contributed by atoms with Crippen molar-refractivity contribution in [2.45, 2.75) is 13.0 Å². The molecule has 1 heterocycles. The molecule has 1 amide bonds. The smallest absolute Gasteiger partial charge is 0.260 e. The van der Waals surface area contributed by atoms with Crippen LogP contribution in [0.1, 0.15) is 6.92 Å². The highest BCUT2D eigenvalue weighted by Gasteiger charge is 2.23. The Morgan fingerprint density at radius 3 is 2.86 bits per heavy atom. The number of nitrogens with one attached hydrogen (secondary N) is 1. The van der Waals surface area contributed by atoms with E-state index in [1.54, 1.807) is 0 Å². The highest BCUT2D eigenvalue weighted by atomic mass is 35.5. The van der Waals surface area contributed by atoms with Crippen LogP contribution in [-0.4, -0.2) is 43.1 Å². The minimum absolute atomic E-state index is 0. The Balaban J connectivity index is 0.00000176. The van der Waals surface area contributed by atoms with Gasteiger partial charge in [0.1, 0.15) is 5.75 Å². The molecule has 118 valence electrons. The van der Waals surface area contributed by atoms with Crippen molar-refractivity contribution in [2.24, 2.45) is 0 Å². The van der Waals surface area contributed by atoms with Gasteiger partial charge in [0.15, 0.2) is 6.61 Å². The van der Waals surface area contributed by atoms with Crippen LogP contribution >= 0.6 is 12.4 Å². The Morgan fingerprint density at radius 2 is 2.05 bits per heavy atom. The van der Waals surface area contributed by atoms with Gasteiger partial charge in [0.25, 0.3) is 5.91 Å². The van der Waals surface area contributed by atoms with Gasteiger partial charge in [-0.15, -0.1) is 12.4 Å². The zero-order valence-electron chi connectivity index (χ0n) is 12.6. The third-order valence-corrected chi connectivity index (χ3v) is 3.92. The number of rotatable bonds is 3. The molecule has 1 fully saturated rings. The topological polar surface area (TPSA) is 41.6 Å². The summed E-state index contributed by atoms with van der Waals surface area (Å²) in [5, 5.41) is 5.45. The van der Waals surface area contributed by atoms with E-state index >= 15 is 0 Å². The molecular weight excluding hydrogens is 300 g/mol. The summed E-state index contributed by atoms with van der Waals surface area (Å²) >= 11 is 0. The zero-order chi connectivity index (χ0) is 14.7. The van der Waals surface area contributed by atoms with Crippen LogP contribution in [0.25, 0.3) is 10.8 Å². The van der Waals surface area contributed by atoms with Gasteiger partial charge in [0.05, 0.1) is 0 Å². The second kappa shape index (κ2) is 7.47. The number of halogens is 1. The average molecular weight is 321 g/mol. The lowest BCUT2D eigenvalue weighted by Crippen LogP contribution is -2.53. The number of fused-ring (bicyclic) bond motifs is 1. The maximum Gasteiger partial charge on any atom is 0.260 e. The second-order valence-corrected chi connectivity index (χ2v) is 5.41. The molecule has 0 radical (unpaired) electrons. The predicted molar refractivity (Wildman–Crippen MR) is 90.7 cm³/mol. The molecule has 0 aromatic heterocycles. The molecule has 0 spiro atoms. The minimum Gasteiger partial charge on any atom is -0.483 e. The lowest BCUT2D eigenvalue weighted by atomic mass is 10.1. The summed E-state index contributed by atoms with van der Waals surface area (Å²) in [6, 6.07) is 14.2. The molecule has 1 saturated heterocycles. The molecule has 3 rings (SSSR count). The SMILES string of the molecule is C[C@H]1CNCCN1C(=O)COc1cccc2ccccc12.Cl. The molecule has 0 bridgehead atoms. The first kappa shape index (κ1) is 16.6. The second-order valence-electron chi connectivity index (χ2n) is 5.41. The first-order valence-electron chi connectivity index (χ1n) is 7.36. The molecular formula is C17H21ClN2O2. The maximum absolute atomic E-state index is 12.3. The van der Waals surface area contributed by atoms with Gasteiger partial charge in [0, 0.05) is 31.1 Å². The monoisotopic (exact) mass is 320 g/mol. The van der Waals surface area contributed by atoms with E-state index in [1.807, 2.05) is 47.4 Å². The van der Waals surface area contributed by atoms with Crippen LogP contribution in [0.5, 0.6) is 5.75 Å².